The van der Waals surface area contributed by atoms with Gasteiger partial charge in [0.2, 0.25) is 0 Å². The van der Waals surface area contributed by atoms with Gasteiger partial charge in [-0.2, -0.15) is 0 Å². The predicted molar refractivity (Wildman–Crippen MR) is 98.1 cm³/mol. The van der Waals surface area contributed by atoms with Crippen LogP contribution in [-0.4, -0.2) is 35.1 Å². The number of carboxylic acid groups (broad SMARTS) is 1. The lowest BCUT2D eigenvalue weighted by Gasteiger charge is -2.36. The van der Waals surface area contributed by atoms with Crippen LogP contribution in [0.2, 0.25) is 0 Å². The fraction of sp³-hybridized carbons (Fsp3) is 0.600. The first kappa shape index (κ1) is 17.8. The Labute approximate surface area is 149 Å². The highest BCUT2D eigenvalue weighted by molar-refractivity contribution is 5.91. The van der Waals surface area contributed by atoms with Gasteiger partial charge in [0.1, 0.15) is 0 Å². The van der Waals surface area contributed by atoms with Crippen molar-refractivity contribution in [1.82, 2.24) is 4.90 Å². The lowest BCUT2D eigenvalue weighted by Crippen LogP contribution is -2.46. The number of aliphatic carboxylic acids is 1. The number of carbonyl (C=O) groups excluding carboxylic acids is 1. The standard InChI is InChI=1S/C20H28N2O3/c1-13-12-19(2,3)14-6-5-7-15(16(13)14)21-18(25)22-10-8-20(4,9-11-22)17(23)24/h5-7,13H,8-12H2,1-4H3,(H,21,25)(H,23,24). The van der Waals surface area contributed by atoms with Crippen LogP contribution in [0.25, 0.3) is 0 Å². The number of carbonyl (C=O) groups is 2. The molecule has 1 aliphatic carbocycles. The largest absolute Gasteiger partial charge is 0.481 e. The first-order valence-electron chi connectivity index (χ1n) is 9.07. The lowest BCUT2D eigenvalue weighted by atomic mass is 9.80. The van der Waals surface area contributed by atoms with Crippen molar-refractivity contribution in [3.8, 4) is 0 Å². The molecule has 1 aromatic rings. The Bertz CT molecular complexity index is 703. The number of urea groups is 1. The van der Waals surface area contributed by atoms with Gasteiger partial charge < -0.3 is 15.3 Å². The maximum absolute atomic E-state index is 12.7. The number of rotatable bonds is 2. The Kier molecular flexibility index (Phi) is 4.30. The molecule has 0 saturated carbocycles. The van der Waals surface area contributed by atoms with Gasteiger partial charge in [-0.05, 0) is 54.7 Å². The van der Waals surface area contributed by atoms with Gasteiger partial charge in [-0.3, -0.25) is 4.79 Å². The van der Waals surface area contributed by atoms with Gasteiger partial charge in [0.15, 0.2) is 0 Å². The summed E-state index contributed by atoms with van der Waals surface area (Å²) in [6.45, 7) is 9.42. The van der Waals surface area contributed by atoms with E-state index in [-0.39, 0.29) is 11.4 Å². The summed E-state index contributed by atoms with van der Waals surface area (Å²) in [5, 5.41) is 12.4. The molecule has 0 aromatic heterocycles. The van der Waals surface area contributed by atoms with Gasteiger partial charge in [0, 0.05) is 18.8 Å². The third kappa shape index (κ3) is 3.12. The van der Waals surface area contributed by atoms with Gasteiger partial charge in [-0.1, -0.05) is 32.9 Å². The number of amides is 2. The van der Waals surface area contributed by atoms with Crippen LogP contribution >= 0.6 is 0 Å². The molecule has 3 rings (SSSR count). The van der Waals surface area contributed by atoms with Gasteiger partial charge in [-0.15, -0.1) is 0 Å². The van der Waals surface area contributed by atoms with E-state index in [4.69, 9.17) is 0 Å². The van der Waals surface area contributed by atoms with Gasteiger partial charge in [-0.25, -0.2) is 4.79 Å². The van der Waals surface area contributed by atoms with Gasteiger partial charge >= 0.3 is 12.0 Å². The average Bonchev–Trinajstić information content (AvgIpc) is 2.78. The molecule has 1 aromatic carbocycles. The van der Waals surface area contributed by atoms with Crippen molar-refractivity contribution in [2.45, 2.75) is 58.3 Å². The Morgan fingerprint density at radius 1 is 1.20 bits per heavy atom. The Morgan fingerprint density at radius 3 is 2.44 bits per heavy atom. The lowest BCUT2D eigenvalue weighted by molar-refractivity contribution is -0.150. The summed E-state index contributed by atoms with van der Waals surface area (Å²) in [4.78, 5) is 25.8. The molecular weight excluding hydrogens is 316 g/mol. The zero-order chi connectivity index (χ0) is 18.4. The maximum atomic E-state index is 12.7. The number of fused-ring (bicyclic) bond motifs is 1. The minimum Gasteiger partial charge on any atom is -0.481 e. The number of hydrogen-bond acceptors (Lipinski definition) is 2. The van der Waals surface area contributed by atoms with Gasteiger partial charge in [0.05, 0.1) is 5.41 Å². The van der Waals surface area contributed by atoms with E-state index in [0.29, 0.717) is 31.8 Å². The average molecular weight is 344 g/mol. The number of hydrogen-bond donors (Lipinski definition) is 2. The second-order valence-electron chi connectivity index (χ2n) is 8.54. The third-order valence-corrected chi connectivity index (χ3v) is 6.06. The minimum atomic E-state index is -0.774. The summed E-state index contributed by atoms with van der Waals surface area (Å²) < 4.78 is 0. The van der Waals surface area contributed by atoms with Crippen LogP contribution in [0.3, 0.4) is 0 Å². The number of anilines is 1. The van der Waals surface area contributed by atoms with E-state index in [0.717, 1.165) is 12.1 Å². The first-order chi connectivity index (χ1) is 11.6. The number of nitrogens with one attached hydrogen (secondary N) is 1. The number of piperidine rings is 1. The van der Waals surface area contributed by atoms with E-state index in [2.05, 4.69) is 32.2 Å². The maximum Gasteiger partial charge on any atom is 0.321 e. The third-order valence-electron chi connectivity index (χ3n) is 6.06. The Balaban J connectivity index is 1.74. The molecule has 0 bridgehead atoms. The number of carboxylic acids is 1. The monoisotopic (exact) mass is 344 g/mol. The molecule has 2 N–H and O–H groups in total. The number of nitrogens with zero attached hydrogens (tertiary/aromatic N) is 1. The molecule has 136 valence electrons. The highest BCUT2D eigenvalue weighted by Crippen LogP contribution is 2.48. The van der Waals surface area contributed by atoms with Crippen LogP contribution in [-0.2, 0) is 10.2 Å². The van der Waals surface area contributed by atoms with Crippen LogP contribution in [0.5, 0.6) is 0 Å². The summed E-state index contributed by atoms with van der Waals surface area (Å²) in [7, 11) is 0. The fourth-order valence-corrected chi connectivity index (χ4v) is 4.38. The van der Waals surface area contributed by atoms with Crippen molar-refractivity contribution >= 4 is 17.7 Å². The van der Waals surface area contributed by atoms with E-state index < -0.39 is 11.4 Å². The second-order valence-corrected chi connectivity index (χ2v) is 8.54. The highest BCUT2D eigenvalue weighted by atomic mass is 16.4. The quantitative estimate of drug-likeness (QED) is 0.845. The highest BCUT2D eigenvalue weighted by Gasteiger charge is 2.39. The first-order valence-corrected chi connectivity index (χ1v) is 9.07. The molecule has 2 amide bonds. The molecule has 1 saturated heterocycles. The van der Waals surface area contributed by atoms with Crippen molar-refractivity contribution in [1.29, 1.82) is 0 Å². The van der Waals surface area contributed by atoms with E-state index in [1.165, 1.54) is 11.1 Å². The molecule has 1 fully saturated rings. The smallest absolute Gasteiger partial charge is 0.321 e. The summed E-state index contributed by atoms with van der Waals surface area (Å²) >= 11 is 0. The van der Waals surface area contributed by atoms with Gasteiger partial charge in [0.25, 0.3) is 0 Å². The number of likely N-dealkylation sites (tertiary alicyclic amines) is 1. The summed E-state index contributed by atoms with van der Waals surface area (Å²) in [5.74, 6) is -0.359. The minimum absolute atomic E-state index is 0.127. The molecule has 5 heteroatoms. The summed E-state index contributed by atoms with van der Waals surface area (Å²) in [6.07, 6.45) is 2.06. The molecule has 0 radical (unpaired) electrons. The zero-order valence-corrected chi connectivity index (χ0v) is 15.6. The van der Waals surface area contributed by atoms with Crippen molar-refractivity contribution in [3.63, 3.8) is 0 Å². The fourth-order valence-electron chi connectivity index (χ4n) is 4.38. The predicted octanol–water partition coefficient (Wildman–Crippen LogP) is 4.19. The van der Waals surface area contributed by atoms with Crippen molar-refractivity contribution in [2.75, 3.05) is 18.4 Å². The summed E-state index contributed by atoms with van der Waals surface area (Å²) in [5.41, 5.74) is 2.86. The van der Waals surface area contributed by atoms with E-state index in [1.807, 2.05) is 12.1 Å². The molecule has 2 aliphatic rings. The molecule has 1 heterocycles. The molecule has 0 spiro atoms. The van der Waals surface area contributed by atoms with Crippen LogP contribution in [0.4, 0.5) is 10.5 Å². The second kappa shape index (κ2) is 6.04. The Hall–Kier alpha value is -2.04. The molecule has 1 aliphatic heterocycles. The van der Waals surface area contributed by atoms with Crippen molar-refractivity contribution in [2.24, 2.45) is 5.41 Å². The SMILES string of the molecule is CC1CC(C)(C)c2cccc(NC(=O)N3CCC(C)(C(=O)O)CC3)c21. The topological polar surface area (TPSA) is 69.6 Å². The van der Waals surface area contributed by atoms with E-state index in [1.54, 1.807) is 11.8 Å². The molecular formula is C20H28N2O3. The van der Waals surface area contributed by atoms with Crippen molar-refractivity contribution < 1.29 is 14.7 Å². The van der Waals surface area contributed by atoms with Crippen molar-refractivity contribution in [3.05, 3.63) is 29.3 Å². The number of benzene rings is 1. The molecule has 1 unspecified atom stereocenters. The molecule has 5 nitrogen and oxygen atoms in total. The van der Waals surface area contributed by atoms with Crippen LogP contribution < -0.4 is 5.32 Å². The normalized spacial score (nSPS) is 23.8. The van der Waals surface area contributed by atoms with E-state index >= 15 is 0 Å². The molecule has 25 heavy (non-hydrogen) atoms. The van der Waals surface area contributed by atoms with Crippen LogP contribution in [0, 0.1) is 5.41 Å². The zero-order valence-electron chi connectivity index (χ0n) is 15.6. The van der Waals surface area contributed by atoms with Crippen LogP contribution in [0.15, 0.2) is 18.2 Å². The molecule has 1 atom stereocenters. The van der Waals surface area contributed by atoms with Crippen LogP contribution in [0.1, 0.15) is 64.0 Å². The summed E-state index contributed by atoms with van der Waals surface area (Å²) in [6, 6.07) is 6.01. The van der Waals surface area contributed by atoms with E-state index in [9.17, 15) is 14.7 Å². The Morgan fingerprint density at radius 2 is 1.84 bits per heavy atom.